The van der Waals surface area contributed by atoms with Crippen molar-refractivity contribution in [1.82, 2.24) is 0 Å². The third-order valence-electron chi connectivity index (χ3n) is 2.01. The quantitative estimate of drug-likeness (QED) is 0.303. The topological polar surface area (TPSA) is 55.7 Å². The normalized spacial score (nSPS) is 22.1. The number of hydrogen-bond acceptors (Lipinski definition) is 4. The summed E-state index contributed by atoms with van der Waals surface area (Å²) < 4.78 is 4.86. The highest BCUT2D eigenvalue weighted by Crippen LogP contribution is 2.16. The Bertz CT molecular complexity index is 366. The molecule has 0 aromatic rings. The molecule has 4 heteroatoms. The van der Waals surface area contributed by atoms with E-state index in [2.05, 4.69) is 11.6 Å². The summed E-state index contributed by atoms with van der Waals surface area (Å²) in [6.45, 7) is 7.11. The number of carbonyl (C=O) groups excluding carboxylic acids is 2. The first-order valence-corrected chi connectivity index (χ1v) is 4.62. The predicted molar refractivity (Wildman–Crippen MR) is 56.5 cm³/mol. The molecule has 1 aliphatic rings. The van der Waals surface area contributed by atoms with Crippen LogP contribution in [-0.2, 0) is 14.3 Å². The molecule has 0 aromatic heterocycles. The smallest absolute Gasteiger partial charge is 0.327 e. The molecule has 1 rings (SSSR count). The predicted octanol–water partition coefficient (Wildman–Crippen LogP) is 1.28. The van der Waals surface area contributed by atoms with E-state index < -0.39 is 11.9 Å². The van der Waals surface area contributed by atoms with Crippen molar-refractivity contribution >= 4 is 17.5 Å². The second kappa shape index (κ2) is 4.68. The summed E-state index contributed by atoms with van der Waals surface area (Å²) in [6.07, 6.45) is 2.92. The summed E-state index contributed by atoms with van der Waals surface area (Å²) in [4.78, 5) is 27.0. The Morgan fingerprint density at radius 2 is 2.33 bits per heavy atom. The first-order valence-electron chi connectivity index (χ1n) is 4.62. The third kappa shape index (κ3) is 2.62. The van der Waals surface area contributed by atoms with Gasteiger partial charge < -0.3 is 4.74 Å². The second-order valence-electron chi connectivity index (χ2n) is 3.28. The monoisotopic (exact) mass is 207 g/mol. The van der Waals surface area contributed by atoms with Crippen LogP contribution in [0, 0.1) is 5.92 Å². The molecule has 0 saturated carbocycles. The minimum absolute atomic E-state index is 0.269. The lowest BCUT2D eigenvalue weighted by Crippen LogP contribution is -2.34. The molecule has 0 spiro atoms. The Balaban J connectivity index is 2.91. The van der Waals surface area contributed by atoms with Crippen LogP contribution in [0.15, 0.2) is 29.5 Å². The van der Waals surface area contributed by atoms with Crippen LogP contribution in [0.4, 0.5) is 0 Å². The Hall–Kier alpha value is -1.71. The highest BCUT2D eigenvalue weighted by Gasteiger charge is 2.33. The van der Waals surface area contributed by atoms with Crippen LogP contribution >= 0.6 is 0 Å². The molecule has 1 atom stereocenters. The van der Waals surface area contributed by atoms with E-state index in [1.807, 2.05) is 0 Å². The Morgan fingerprint density at radius 1 is 1.67 bits per heavy atom. The number of ketones is 1. The van der Waals surface area contributed by atoms with E-state index in [0.717, 1.165) is 0 Å². The molecule has 0 N–H and O–H groups in total. The molecule has 15 heavy (non-hydrogen) atoms. The van der Waals surface area contributed by atoms with E-state index in [1.165, 1.54) is 6.08 Å². The number of rotatable bonds is 3. The number of cyclic esters (lactones) is 1. The van der Waals surface area contributed by atoms with E-state index in [0.29, 0.717) is 18.0 Å². The van der Waals surface area contributed by atoms with E-state index in [4.69, 9.17) is 4.74 Å². The molecule has 80 valence electrons. The first kappa shape index (κ1) is 11.4. The molecule has 0 unspecified atom stereocenters. The fourth-order valence-corrected chi connectivity index (χ4v) is 1.32. The molecule has 0 amide bonds. The average Bonchev–Trinajstić information content (AvgIpc) is 2.12. The highest BCUT2D eigenvalue weighted by molar-refractivity contribution is 6.22. The van der Waals surface area contributed by atoms with Gasteiger partial charge in [-0.25, -0.2) is 0 Å². The van der Waals surface area contributed by atoms with Crippen molar-refractivity contribution in [3.63, 3.8) is 0 Å². The summed E-state index contributed by atoms with van der Waals surface area (Å²) in [5, 5.41) is 0. The summed E-state index contributed by atoms with van der Waals surface area (Å²) in [7, 11) is 0. The van der Waals surface area contributed by atoms with E-state index in [1.54, 1.807) is 19.9 Å². The number of ether oxygens (including phenoxy) is 1. The van der Waals surface area contributed by atoms with Gasteiger partial charge in [-0.2, -0.15) is 0 Å². The highest BCUT2D eigenvalue weighted by atomic mass is 16.5. The van der Waals surface area contributed by atoms with Crippen molar-refractivity contribution < 1.29 is 14.3 Å². The number of carbonyl (C=O) groups is 2. The van der Waals surface area contributed by atoms with Crippen LogP contribution in [0.2, 0.25) is 0 Å². The molecule has 0 aliphatic carbocycles. The van der Waals surface area contributed by atoms with Crippen LogP contribution in [0.1, 0.15) is 13.8 Å². The zero-order valence-corrected chi connectivity index (χ0v) is 8.82. The maximum atomic E-state index is 11.5. The minimum Gasteiger partial charge on any atom is -0.430 e. The maximum Gasteiger partial charge on any atom is 0.327 e. The van der Waals surface area contributed by atoms with Gasteiger partial charge in [-0.3, -0.25) is 14.6 Å². The standard InChI is InChI=1S/C11H13NO3/c1-4-5-12-8(3)10-9(13)6-7(2)15-11(10)14/h4,6,10H,1,5H2,2-3H3/t10-/m1/s1. The molecule has 1 heterocycles. The summed E-state index contributed by atoms with van der Waals surface area (Å²) in [6, 6.07) is 0. The van der Waals surface area contributed by atoms with Gasteiger partial charge in [-0.05, 0) is 13.8 Å². The van der Waals surface area contributed by atoms with Gasteiger partial charge in [0, 0.05) is 11.8 Å². The number of hydrogen-bond donors (Lipinski definition) is 0. The SMILES string of the molecule is C=CCN=C(C)[C@@H]1C(=O)C=C(C)OC1=O. The van der Waals surface area contributed by atoms with Crippen molar-refractivity contribution in [2.75, 3.05) is 6.54 Å². The van der Waals surface area contributed by atoms with Crippen molar-refractivity contribution in [3.05, 3.63) is 24.5 Å². The van der Waals surface area contributed by atoms with Gasteiger partial charge in [0.1, 0.15) is 5.76 Å². The van der Waals surface area contributed by atoms with E-state index in [-0.39, 0.29) is 5.78 Å². The van der Waals surface area contributed by atoms with Gasteiger partial charge in [0.2, 0.25) is 0 Å². The molecule has 0 radical (unpaired) electrons. The Morgan fingerprint density at radius 3 is 2.87 bits per heavy atom. The Labute approximate surface area is 88.3 Å². The lowest BCUT2D eigenvalue weighted by Gasteiger charge is -2.17. The maximum absolute atomic E-state index is 11.5. The van der Waals surface area contributed by atoms with Crippen LogP contribution < -0.4 is 0 Å². The van der Waals surface area contributed by atoms with Gasteiger partial charge in [0.25, 0.3) is 0 Å². The lowest BCUT2D eigenvalue weighted by atomic mass is 9.97. The number of esters is 1. The Kier molecular flexibility index (Phi) is 3.55. The fourth-order valence-electron chi connectivity index (χ4n) is 1.32. The van der Waals surface area contributed by atoms with Crippen molar-refractivity contribution in [2.24, 2.45) is 10.9 Å². The lowest BCUT2D eigenvalue weighted by molar-refractivity contribution is -0.146. The van der Waals surface area contributed by atoms with Crippen molar-refractivity contribution in [2.45, 2.75) is 13.8 Å². The molecular formula is C11H13NO3. The van der Waals surface area contributed by atoms with E-state index in [9.17, 15) is 9.59 Å². The molecule has 0 fully saturated rings. The van der Waals surface area contributed by atoms with Gasteiger partial charge in [0.05, 0.1) is 6.54 Å². The van der Waals surface area contributed by atoms with Gasteiger partial charge in [-0.1, -0.05) is 6.08 Å². The summed E-state index contributed by atoms with van der Waals surface area (Å²) in [5.74, 6) is -1.37. The van der Waals surface area contributed by atoms with Gasteiger partial charge in [0.15, 0.2) is 11.7 Å². The zero-order valence-electron chi connectivity index (χ0n) is 8.82. The largest absolute Gasteiger partial charge is 0.430 e. The fraction of sp³-hybridized carbons (Fsp3) is 0.364. The zero-order chi connectivity index (χ0) is 11.4. The van der Waals surface area contributed by atoms with Crippen LogP contribution in [0.5, 0.6) is 0 Å². The molecular weight excluding hydrogens is 194 g/mol. The minimum atomic E-state index is -0.881. The number of nitrogens with zero attached hydrogens (tertiary/aromatic N) is 1. The van der Waals surface area contributed by atoms with Crippen LogP contribution in [0.25, 0.3) is 0 Å². The number of aliphatic imine (C=N–C) groups is 1. The van der Waals surface area contributed by atoms with Gasteiger partial charge >= 0.3 is 5.97 Å². The molecule has 1 aliphatic heterocycles. The second-order valence-corrected chi connectivity index (χ2v) is 3.28. The third-order valence-corrected chi connectivity index (χ3v) is 2.01. The molecule has 4 nitrogen and oxygen atoms in total. The van der Waals surface area contributed by atoms with Crippen molar-refractivity contribution in [3.8, 4) is 0 Å². The molecule has 0 bridgehead atoms. The number of allylic oxidation sites excluding steroid dienone is 2. The summed E-state index contributed by atoms with van der Waals surface area (Å²) >= 11 is 0. The molecule has 0 aromatic carbocycles. The van der Waals surface area contributed by atoms with Crippen LogP contribution in [0.3, 0.4) is 0 Å². The average molecular weight is 207 g/mol. The van der Waals surface area contributed by atoms with E-state index >= 15 is 0 Å². The first-order chi connectivity index (χ1) is 7.06. The van der Waals surface area contributed by atoms with Gasteiger partial charge in [-0.15, -0.1) is 6.58 Å². The summed E-state index contributed by atoms with van der Waals surface area (Å²) in [5.41, 5.74) is 0.466. The van der Waals surface area contributed by atoms with Crippen molar-refractivity contribution in [1.29, 1.82) is 0 Å². The molecule has 0 saturated heterocycles. The van der Waals surface area contributed by atoms with Crippen LogP contribution in [-0.4, -0.2) is 24.0 Å².